The summed E-state index contributed by atoms with van der Waals surface area (Å²) < 4.78 is 0. The Morgan fingerprint density at radius 3 is 2.56 bits per heavy atom. The predicted molar refractivity (Wildman–Crippen MR) is 67.4 cm³/mol. The van der Waals surface area contributed by atoms with Crippen LogP contribution in [0.15, 0.2) is 0 Å². The fourth-order valence-electron chi connectivity index (χ4n) is 2.16. The smallest absolute Gasteiger partial charge is 0.229 e. The van der Waals surface area contributed by atoms with Crippen LogP contribution in [-0.4, -0.2) is 36.5 Å². The van der Waals surface area contributed by atoms with Crippen LogP contribution in [-0.2, 0) is 4.79 Å². The summed E-state index contributed by atoms with van der Waals surface area (Å²) in [5.41, 5.74) is -0.253. The normalized spacial score (nSPS) is 26.6. The quantitative estimate of drug-likeness (QED) is 0.798. The minimum atomic E-state index is -0.209. The van der Waals surface area contributed by atoms with Crippen LogP contribution in [0.2, 0.25) is 0 Å². The van der Waals surface area contributed by atoms with E-state index in [9.17, 15) is 4.79 Å². The number of nitrogens with zero attached hydrogens (tertiary/aromatic N) is 1. The first-order valence-corrected chi connectivity index (χ1v) is 6.32. The zero-order valence-electron chi connectivity index (χ0n) is 11.4. The third kappa shape index (κ3) is 2.57. The van der Waals surface area contributed by atoms with Crippen LogP contribution in [0.5, 0.6) is 0 Å². The van der Waals surface area contributed by atoms with Gasteiger partial charge in [0.15, 0.2) is 0 Å². The first kappa shape index (κ1) is 13.5. The highest BCUT2D eigenvalue weighted by Crippen LogP contribution is 2.30. The van der Waals surface area contributed by atoms with E-state index in [-0.39, 0.29) is 16.9 Å². The van der Waals surface area contributed by atoms with E-state index in [1.165, 1.54) is 0 Å². The molecule has 1 aliphatic rings. The molecule has 0 aromatic rings. The maximum atomic E-state index is 12.5. The fraction of sp³-hybridized carbons (Fsp3) is 0.923. The third-order valence-corrected chi connectivity index (χ3v) is 4.19. The van der Waals surface area contributed by atoms with Crippen LogP contribution in [0, 0.1) is 5.41 Å². The summed E-state index contributed by atoms with van der Waals surface area (Å²) in [5.74, 6) is 0.284. The number of hydrogen-bond acceptors (Lipinski definition) is 2. The lowest BCUT2D eigenvalue weighted by atomic mass is 9.80. The minimum absolute atomic E-state index is 0.0441. The van der Waals surface area contributed by atoms with Gasteiger partial charge in [-0.3, -0.25) is 4.79 Å². The highest BCUT2D eigenvalue weighted by atomic mass is 16.2. The molecular weight excluding hydrogens is 200 g/mol. The van der Waals surface area contributed by atoms with E-state index in [4.69, 9.17) is 0 Å². The van der Waals surface area contributed by atoms with E-state index in [2.05, 4.69) is 33.0 Å². The van der Waals surface area contributed by atoms with E-state index in [0.29, 0.717) is 0 Å². The molecule has 1 saturated heterocycles. The summed E-state index contributed by atoms with van der Waals surface area (Å²) in [6.07, 6.45) is 3.09. The van der Waals surface area contributed by atoms with Gasteiger partial charge in [-0.25, -0.2) is 0 Å². The Hall–Kier alpha value is -0.570. The average molecular weight is 226 g/mol. The molecule has 1 rings (SSSR count). The third-order valence-electron chi connectivity index (χ3n) is 4.19. The molecule has 16 heavy (non-hydrogen) atoms. The lowest BCUT2D eigenvalue weighted by Crippen LogP contribution is -2.54. The molecule has 1 N–H and O–H groups in total. The van der Waals surface area contributed by atoms with Gasteiger partial charge in [0.2, 0.25) is 5.91 Å². The average Bonchev–Trinajstić information content (AvgIpc) is 2.28. The molecule has 0 radical (unpaired) electrons. The SMILES string of the molecule is CCC(C)(C)N(C)C(=O)C1(C)CCCNC1. The van der Waals surface area contributed by atoms with E-state index in [1.54, 1.807) is 0 Å². The number of carbonyl (C=O) groups is 1. The molecule has 3 nitrogen and oxygen atoms in total. The molecule has 1 heterocycles. The van der Waals surface area contributed by atoms with Crippen molar-refractivity contribution in [1.29, 1.82) is 0 Å². The number of piperidine rings is 1. The van der Waals surface area contributed by atoms with Crippen molar-refractivity contribution in [3.8, 4) is 0 Å². The van der Waals surface area contributed by atoms with Crippen molar-refractivity contribution in [2.24, 2.45) is 5.41 Å². The first-order chi connectivity index (χ1) is 7.33. The summed E-state index contributed by atoms with van der Waals surface area (Å²) >= 11 is 0. The Morgan fingerprint density at radius 1 is 1.50 bits per heavy atom. The molecule has 3 heteroatoms. The van der Waals surface area contributed by atoms with Crippen molar-refractivity contribution in [3.63, 3.8) is 0 Å². The topological polar surface area (TPSA) is 32.3 Å². The van der Waals surface area contributed by atoms with Crippen LogP contribution >= 0.6 is 0 Å². The van der Waals surface area contributed by atoms with E-state index >= 15 is 0 Å². The molecule has 1 atom stereocenters. The highest BCUT2D eigenvalue weighted by Gasteiger charge is 2.40. The molecule has 1 amide bonds. The number of nitrogens with one attached hydrogen (secondary N) is 1. The summed E-state index contributed by atoms with van der Waals surface area (Å²) in [7, 11) is 1.94. The van der Waals surface area contributed by atoms with Crippen LogP contribution in [0.25, 0.3) is 0 Å². The number of amides is 1. The molecule has 0 aliphatic carbocycles. The number of carbonyl (C=O) groups excluding carboxylic acids is 1. The van der Waals surface area contributed by atoms with Crippen molar-refractivity contribution in [3.05, 3.63) is 0 Å². The lowest BCUT2D eigenvalue weighted by molar-refractivity contribution is -0.146. The van der Waals surface area contributed by atoms with Gasteiger partial charge in [-0.1, -0.05) is 6.92 Å². The van der Waals surface area contributed by atoms with E-state index in [0.717, 1.165) is 32.4 Å². The van der Waals surface area contributed by atoms with Gasteiger partial charge in [0.1, 0.15) is 0 Å². The Balaban J connectivity index is 2.76. The van der Waals surface area contributed by atoms with Crippen molar-refractivity contribution in [1.82, 2.24) is 10.2 Å². The summed E-state index contributed by atoms with van der Waals surface area (Å²) in [6, 6.07) is 0. The molecule has 0 spiro atoms. The number of hydrogen-bond donors (Lipinski definition) is 1. The first-order valence-electron chi connectivity index (χ1n) is 6.32. The minimum Gasteiger partial charge on any atom is -0.340 e. The monoisotopic (exact) mass is 226 g/mol. The van der Waals surface area contributed by atoms with Gasteiger partial charge in [0.05, 0.1) is 5.41 Å². The largest absolute Gasteiger partial charge is 0.340 e. The van der Waals surface area contributed by atoms with Crippen LogP contribution < -0.4 is 5.32 Å². The Morgan fingerprint density at radius 2 is 2.12 bits per heavy atom. The Kier molecular flexibility index (Phi) is 4.00. The second-order valence-corrected chi connectivity index (χ2v) is 5.87. The fourth-order valence-corrected chi connectivity index (χ4v) is 2.16. The predicted octanol–water partition coefficient (Wildman–Crippen LogP) is 2.02. The Bertz CT molecular complexity index is 255. The van der Waals surface area contributed by atoms with Crippen LogP contribution in [0.3, 0.4) is 0 Å². The van der Waals surface area contributed by atoms with Gasteiger partial charge in [0.25, 0.3) is 0 Å². The van der Waals surface area contributed by atoms with E-state index < -0.39 is 0 Å². The van der Waals surface area contributed by atoms with E-state index in [1.807, 2.05) is 11.9 Å². The van der Waals surface area contributed by atoms with Gasteiger partial charge in [-0.2, -0.15) is 0 Å². The maximum Gasteiger partial charge on any atom is 0.229 e. The second kappa shape index (κ2) is 4.74. The van der Waals surface area contributed by atoms with Crippen LogP contribution in [0.4, 0.5) is 0 Å². The van der Waals surface area contributed by atoms with Gasteiger partial charge in [-0.05, 0) is 46.6 Å². The van der Waals surface area contributed by atoms with Crippen molar-refractivity contribution >= 4 is 5.91 Å². The summed E-state index contributed by atoms with van der Waals surface area (Å²) in [5, 5.41) is 3.33. The molecule has 1 aliphatic heterocycles. The van der Waals surface area contributed by atoms with Crippen molar-refractivity contribution < 1.29 is 4.79 Å². The zero-order valence-corrected chi connectivity index (χ0v) is 11.4. The molecule has 1 fully saturated rings. The maximum absolute atomic E-state index is 12.5. The van der Waals surface area contributed by atoms with Gasteiger partial charge in [0, 0.05) is 19.1 Å². The van der Waals surface area contributed by atoms with Gasteiger partial charge < -0.3 is 10.2 Å². The molecule has 1 unspecified atom stereocenters. The lowest BCUT2D eigenvalue weighted by Gasteiger charge is -2.42. The molecule has 94 valence electrons. The summed E-state index contributed by atoms with van der Waals surface area (Å²) in [6.45, 7) is 10.3. The standard InChI is InChI=1S/C13H26N2O/c1-6-12(2,3)15(5)11(16)13(4)8-7-9-14-10-13/h14H,6-10H2,1-5H3. The van der Waals surface area contributed by atoms with Crippen LogP contribution in [0.1, 0.15) is 47.0 Å². The highest BCUT2D eigenvalue weighted by molar-refractivity contribution is 5.83. The van der Waals surface area contributed by atoms with Crippen molar-refractivity contribution in [2.75, 3.05) is 20.1 Å². The van der Waals surface area contributed by atoms with Gasteiger partial charge in [-0.15, -0.1) is 0 Å². The molecule has 0 aromatic heterocycles. The van der Waals surface area contributed by atoms with Crippen molar-refractivity contribution in [2.45, 2.75) is 52.5 Å². The molecule has 0 bridgehead atoms. The molecule has 0 aromatic carbocycles. The Labute approximate surface area is 99.6 Å². The molecule has 0 saturated carbocycles. The molecular formula is C13H26N2O. The number of rotatable bonds is 3. The van der Waals surface area contributed by atoms with Gasteiger partial charge >= 0.3 is 0 Å². The second-order valence-electron chi connectivity index (χ2n) is 5.87. The zero-order chi connectivity index (χ0) is 12.4. The summed E-state index contributed by atoms with van der Waals surface area (Å²) in [4.78, 5) is 14.4.